The Hall–Kier alpha value is -1.39. The molecule has 0 amide bonds. The van der Waals surface area contributed by atoms with Gasteiger partial charge in [0.05, 0.1) is 0 Å². The topological polar surface area (TPSA) is 38.8 Å². The SMILES string of the molecule is C[C](ON1C(C)(C)CCCC1(C)C)c1ccc(OC(C)=O)cc1. The Labute approximate surface area is 139 Å². The van der Waals surface area contributed by atoms with E-state index >= 15 is 0 Å². The third kappa shape index (κ3) is 4.33. The summed E-state index contributed by atoms with van der Waals surface area (Å²) in [4.78, 5) is 17.2. The van der Waals surface area contributed by atoms with Crippen molar-refractivity contribution in [3.8, 4) is 5.75 Å². The third-order valence-electron chi connectivity index (χ3n) is 4.43. The minimum absolute atomic E-state index is 0.000686. The summed E-state index contributed by atoms with van der Waals surface area (Å²) in [5, 5.41) is 2.14. The number of piperidine rings is 1. The van der Waals surface area contributed by atoms with Gasteiger partial charge in [0.2, 0.25) is 0 Å². The lowest BCUT2D eigenvalue weighted by atomic mass is 9.82. The molecule has 2 rings (SSSR count). The van der Waals surface area contributed by atoms with Crippen molar-refractivity contribution in [1.82, 2.24) is 5.06 Å². The number of hydrogen-bond acceptors (Lipinski definition) is 4. The second-order valence-corrected chi connectivity index (χ2v) is 7.54. The van der Waals surface area contributed by atoms with E-state index in [0.717, 1.165) is 24.5 Å². The Morgan fingerprint density at radius 3 is 2.00 bits per heavy atom. The maximum absolute atomic E-state index is 11.0. The first-order chi connectivity index (χ1) is 10.6. The summed E-state index contributed by atoms with van der Waals surface area (Å²) in [5.41, 5.74) is 0.986. The molecule has 1 aromatic rings. The fourth-order valence-electron chi connectivity index (χ4n) is 3.34. The first-order valence-corrected chi connectivity index (χ1v) is 8.22. The maximum Gasteiger partial charge on any atom is 0.308 e. The fourth-order valence-corrected chi connectivity index (χ4v) is 3.34. The summed E-state index contributed by atoms with van der Waals surface area (Å²) in [5.74, 6) is 0.235. The summed E-state index contributed by atoms with van der Waals surface area (Å²) in [6.07, 6.45) is 4.31. The van der Waals surface area contributed by atoms with Crippen LogP contribution in [0.5, 0.6) is 5.75 Å². The van der Waals surface area contributed by atoms with E-state index in [-0.39, 0.29) is 17.0 Å². The third-order valence-corrected chi connectivity index (χ3v) is 4.43. The molecule has 1 fully saturated rings. The lowest BCUT2D eigenvalue weighted by Gasteiger charge is -2.52. The Morgan fingerprint density at radius 1 is 1.00 bits per heavy atom. The van der Waals surface area contributed by atoms with Crippen molar-refractivity contribution >= 4 is 5.97 Å². The molecule has 0 bridgehead atoms. The second-order valence-electron chi connectivity index (χ2n) is 7.54. The Kier molecular flexibility index (Phi) is 5.17. The lowest BCUT2D eigenvalue weighted by Crippen LogP contribution is -2.58. The van der Waals surface area contributed by atoms with Crippen LogP contribution in [-0.4, -0.2) is 22.1 Å². The van der Waals surface area contributed by atoms with Crippen LogP contribution in [0.25, 0.3) is 0 Å². The molecule has 1 aliphatic heterocycles. The zero-order valence-electron chi connectivity index (χ0n) is 15.1. The van der Waals surface area contributed by atoms with Crippen molar-refractivity contribution in [1.29, 1.82) is 0 Å². The van der Waals surface area contributed by atoms with E-state index < -0.39 is 0 Å². The molecule has 23 heavy (non-hydrogen) atoms. The van der Waals surface area contributed by atoms with E-state index in [2.05, 4.69) is 32.8 Å². The van der Waals surface area contributed by atoms with Gasteiger partial charge in [-0.2, -0.15) is 5.06 Å². The van der Waals surface area contributed by atoms with Crippen LogP contribution in [-0.2, 0) is 9.63 Å². The number of esters is 1. The van der Waals surface area contributed by atoms with Gasteiger partial charge in [-0.15, -0.1) is 0 Å². The van der Waals surface area contributed by atoms with Crippen molar-refractivity contribution in [2.75, 3.05) is 0 Å². The average molecular weight is 318 g/mol. The molecule has 4 heteroatoms. The monoisotopic (exact) mass is 318 g/mol. The minimum Gasteiger partial charge on any atom is -0.427 e. The standard InChI is InChI=1S/C19H28NO3/c1-14(16-8-10-17(11-9-16)22-15(2)21)23-20-18(3,4)12-7-13-19(20,5)6/h8-11H,7,12-13H2,1-6H3. The number of hydroxylamine groups is 2. The predicted octanol–water partition coefficient (Wildman–Crippen LogP) is 4.49. The molecular formula is C19H28NO3. The van der Waals surface area contributed by atoms with Gasteiger partial charge < -0.3 is 4.74 Å². The molecule has 1 saturated heterocycles. The number of ether oxygens (including phenoxy) is 1. The van der Waals surface area contributed by atoms with E-state index in [4.69, 9.17) is 9.57 Å². The molecule has 0 saturated carbocycles. The minimum atomic E-state index is -0.313. The molecule has 127 valence electrons. The summed E-state index contributed by atoms with van der Waals surface area (Å²) in [6.45, 7) is 12.3. The van der Waals surface area contributed by atoms with Crippen LogP contribution in [0.2, 0.25) is 0 Å². The highest BCUT2D eigenvalue weighted by Gasteiger charge is 2.43. The number of nitrogens with zero attached hydrogens (tertiary/aromatic N) is 1. The molecule has 0 N–H and O–H groups in total. The number of rotatable bonds is 4. The quantitative estimate of drug-likeness (QED) is 0.606. The molecular weight excluding hydrogens is 290 g/mol. The van der Waals surface area contributed by atoms with Crippen LogP contribution in [0.1, 0.15) is 66.4 Å². The van der Waals surface area contributed by atoms with Crippen LogP contribution in [0.15, 0.2) is 24.3 Å². The van der Waals surface area contributed by atoms with Crippen LogP contribution < -0.4 is 4.74 Å². The van der Waals surface area contributed by atoms with Crippen molar-refractivity contribution in [2.24, 2.45) is 0 Å². The van der Waals surface area contributed by atoms with E-state index in [1.165, 1.54) is 13.3 Å². The number of hydrogen-bond donors (Lipinski definition) is 0. The van der Waals surface area contributed by atoms with E-state index in [1.54, 1.807) is 12.1 Å². The zero-order chi connectivity index (χ0) is 17.3. The molecule has 0 unspecified atom stereocenters. The molecule has 1 aliphatic rings. The number of carbonyl (C=O) groups excluding carboxylic acids is 1. The fraction of sp³-hybridized carbons (Fsp3) is 0.579. The van der Waals surface area contributed by atoms with E-state index in [0.29, 0.717) is 5.75 Å². The molecule has 0 spiro atoms. The average Bonchev–Trinajstić information content (AvgIpc) is 2.42. The van der Waals surface area contributed by atoms with Crippen LogP contribution >= 0.6 is 0 Å². The molecule has 0 atom stereocenters. The summed E-state index contributed by atoms with van der Waals surface area (Å²) in [7, 11) is 0. The van der Waals surface area contributed by atoms with Crippen LogP contribution in [0, 0.1) is 6.10 Å². The molecule has 4 nitrogen and oxygen atoms in total. The second kappa shape index (κ2) is 6.62. The van der Waals surface area contributed by atoms with Gasteiger partial charge in [-0.25, -0.2) is 0 Å². The van der Waals surface area contributed by atoms with Gasteiger partial charge >= 0.3 is 5.97 Å². The van der Waals surface area contributed by atoms with Gasteiger partial charge in [0.1, 0.15) is 11.9 Å². The van der Waals surface area contributed by atoms with Crippen LogP contribution in [0.4, 0.5) is 0 Å². The summed E-state index contributed by atoms with van der Waals surface area (Å²) >= 11 is 0. The Morgan fingerprint density at radius 2 is 1.52 bits per heavy atom. The Bertz CT molecular complexity index is 532. The number of carbonyl (C=O) groups is 1. The normalized spacial score (nSPS) is 20.5. The van der Waals surface area contributed by atoms with Gasteiger partial charge in [-0.1, -0.05) is 12.1 Å². The van der Waals surface area contributed by atoms with Gasteiger partial charge in [0.25, 0.3) is 0 Å². The zero-order valence-corrected chi connectivity index (χ0v) is 15.1. The van der Waals surface area contributed by atoms with Crippen molar-refractivity contribution in [3.05, 3.63) is 35.9 Å². The van der Waals surface area contributed by atoms with Crippen LogP contribution in [0.3, 0.4) is 0 Å². The first-order valence-electron chi connectivity index (χ1n) is 8.22. The largest absolute Gasteiger partial charge is 0.427 e. The molecule has 1 aromatic carbocycles. The van der Waals surface area contributed by atoms with Crippen molar-refractivity contribution in [3.63, 3.8) is 0 Å². The lowest BCUT2D eigenvalue weighted by molar-refractivity contribution is -0.269. The highest BCUT2D eigenvalue weighted by molar-refractivity contribution is 5.69. The molecule has 0 aliphatic carbocycles. The molecule has 1 heterocycles. The summed E-state index contributed by atoms with van der Waals surface area (Å²) < 4.78 is 5.07. The van der Waals surface area contributed by atoms with E-state index in [9.17, 15) is 4.79 Å². The predicted molar refractivity (Wildman–Crippen MR) is 90.7 cm³/mol. The van der Waals surface area contributed by atoms with Gasteiger partial charge in [0.15, 0.2) is 0 Å². The Balaban J connectivity index is 2.10. The van der Waals surface area contributed by atoms with Gasteiger partial charge in [0, 0.05) is 18.0 Å². The number of benzene rings is 1. The van der Waals surface area contributed by atoms with Crippen molar-refractivity contribution < 1.29 is 14.4 Å². The van der Waals surface area contributed by atoms with Gasteiger partial charge in [-0.05, 0) is 71.6 Å². The molecule has 0 aromatic heterocycles. The maximum atomic E-state index is 11.0. The van der Waals surface area contributed by atoms with Crippen molar-refractivity contribution in [2.45, 2.75) is 71.9 Å². The van der Waals surface area contributed by atoms with E-state index in [1.807, 2.05) is 19.1 Å². The highest BCUT2D eigenvalue weighted by atomic mass is 16.7. The smallest absolute Gasteiger partial charge is 0.308 e. The van der Waals surface area contributed by atoms with Gasteiger partial charge in [-0.3, -0.25) is 9.63 Å². The highest BCUT2D eigenvalue weighted by Crippen LogP contribution is 2.40. The summed E-state index contributed by atoms with van der Waals surface area (Å²) in [6, 6.07) is 7.40. The molecule has 1 radical (unpaired) electrons. The first kappa shape index (κ1) is 18.0.